The van der Waals surface area contributed by atoms with E-state index >= 15 is 0 Å². The number of carbonyl (C=O) groups is 2. The number of benzene rings is 2. The van der Waals surface area contributed by atoms with E-state index in [0.29, 0.717) is 30.8 Å². The number of para-hydroxylation sites is 2. The molecular weight excluding hydrogens is 757 g/mol. The number of hydrogen-bond acceptors (Lipinski definition) is 7. The third kappa shape index (κ3) is 10.8. The molecule has 2 aromatic carbocycles. The first-order valence-electron chi connectivity index (χ1n) is 21.6. The van der Waals surface area contributed by atoms with Crippen molar-refractivity contribution in [3.05, 3.63) is 58.7 Å². The van der Waals surface area contributed by atoms with E-state index in [9.17, 15) is 14.7 Å². The lowest BCUT2D eigenvalue weighted by Gasteiger charge is -2.40. The number of ether oxygens (including phenoxy) is 2. The number of aryl methyl sites for hydroxylation is 2. The van der Waals surface area contributed by atoms with Gasteiger partial charge in [0.1, 0.15) is 35.3 Å². The second kappa shape index (κ2) is 19.6. The highest BCUT2D eigenvalue weighted by Gasteiger charge is 2.54. The van der Waals surface area contributed by atoms with Gasteiger partial charge in [-0.1, -0.05) is 106 Å². The topological polar surface area (TPSA) is 91.3 Å². The zero-order valence-electron chi connectivity index (χ0n) is 37.1. The molecule has 0 saturated heterocycles. The lowest BCUT2D eigenvalue weighted by molar-refractivity contribution is -0.117. The third-order valence-corrected chi connectivity index (χ3v) is 23.3. The van der Waals surface area contributed by atoms with Crippen LogP contribution < -0.4 is 9.47 Å². The van der Waals surface area contributed by atoms with Crippen molar-refractivity contribution in [1.29, 1.82) is 0 Å². The van der Waals surface area contributed by atoms with Gasteiger partial charge in [0.25, 0.3) is 0 Å². The van der Waals surface area contributed by atoms with Gasteiger partial charge in [0.05, 0.1) is 12.2 Å². The van der Waals surface area contributed by atoms with Crippen molar-refractivity contribution in [1.82, 2.24) is 0 Å². The molecule has 0 amide bonds. The summed E-state index contributed by atoms with van der Waals surface area (Å²) in [6, 6.07) is 12.9. The summed E-state index contributed by atoms with van der Waals surface area (Å²) in [5, 5.41) is 10.6. The minimum Gasteiger partial charge on any atom is -0.489 e. The van der Waals surface area contributed by atoms with Gasteiger partial charge in [-0.25, -0.2) is 0 Å². The highest BCUT2D eigenvalue weighted by molar-refractivity contribution is 6.74. The number of carbonyl (C=O) groups excluding carboxylic acids is 2. The molecule has 2 saturated carbocycles. The fraction of sp³-hybridized carbons (Fsp3) is 0.714. The maximum Gasteiger partial charge on any atom is 0.192 e. The van der Waals surface area contributed by atoms with Crippen LogP contribution >= 0.6 is 0 Å². The molecule has 0 bridgehead atoms. The summed E-state index contributed by atoms with van der Waals surface area (Å²) in [6.45, 7) is 28.7. The normalized spacial score (nSPS) is 25.8. The van der Waals surface area contributed by atoms with E-state index in [0.717, 1.165) is 56.4 Å². The molecule has 6 rings (SSSR count). The summed E-state index contributed by atoms with van der Waals surface area (Å²) in [5.41, 5.74) is 5.04. The van der Waals surface area contributed by atoms with Crippen molar-refractivity contribution in [2.24, 2.45) is 11.8 Å². The Morgan fingerprint density at radius 2 is 1.07 bits per heavy atom. The van der Waals surface area contributed by atoms with Crippen LogP contribution in [-0.4, -0.2) is 64.3 Å². The third-order valence-electron chi connectivity index (χ3n) is 14.3. The number of ketones is 2. The number of aliphatic hydroxyl groups excluding tert-OH is 1. The van der Waals surface area contributed by atoms with E-state index in [1.807, 2.05) is 0 Å². The molecule has 7 nitrogen and oxygen atoms in total. The Morgan fingerprint density at radius 1 is 0.690 bits per heavy atom. The molecule has 2 aromatic rings. The zero-order chi connectivity index (χ0) is 41.4. The zero-order valence-corrected chi connectivity index (χ0v) is 39.1. The Labute approximate surface area is 356 Å². The van der Waals surface area contributed by atoms with Crippen LogP contribution in [0.4, 0.5) is 0 Å². The molecule has 9 heteroatoms. The fourth-order valence-electron chi connectivity index (χ4n) is 9.12. The molecular formula is C49H82O7Si2. The molecule has 8 atom stereocenters. The van der Waals surface area contributed by atoms with Crippen LogP contribution in [0.1, 0.15) is 156 Å². The number of hydrogen-bond donors (Lipinski definition) is 1. The quantitative estimate of drug-likeness (QED) is 0.189. The molecule has 2 heterocycles. The number of Topliss-reactive ketones (excluding diaryl/α,β-unsaturated/α-hetero) is 2. The predicted molar refractivity (Wildman–Crippen MR) is 246 cm³/mol. The monoisotopic (exact) mass is 839 g/mol. The van der Waals surface area contributed by atoms with Crippen LogP contribution in [0, 0.1) is 11.8 Å². The van der Waals surface area contributed by atoms with E-state index in [2.05, 4.69) is 111 Å². The van der Waals surface area contributed by atoms with Crippen molar-refractivity contribution >= 4 is 28.2 Å². The summed E-state index contributed by atoms with van der Waals surface area (Å²) >= 11 is 0. The van der Waals surface area contributed by atoms with Crippen LogP contribution in [0.25, 0.3) is 0 Å². The minimum atomic E-state index is -1.91. The Balaban J connectivity index is 0.000000300. The average molecular weight is 839 g/mol. The standard InChI is InChI=1S/C24H38O3Si.C23H36O4Si.2CH4/c1-8-18-20(27-28(6,7)24(3,4)5)15-21-22(18)19-14-10-13-17(23(19)26-21)12-9-11-16(2)25;1-15(25)9-7-10-16-11-8-12-17-21-18(14-24)19(13-20(21)26-22(16)17)27-28(5,6)23(2,3)4;;/h10,13-14,18,20-22H,8-9,11-12,15H2,1-7H3;8,11-12,18-21,24H,7,9-10,13-14H2,1-6H3;2*1H4/t18-,20+,21-,22-;18-,19+,20-,21+;;/m00../s1. The molecule has 0 aromatic heterocycles. The van der Waals surface area contributed by atoms with Crippen LogP contribution in [0.15, 0.2) is 36.4 Å². The predicted octanol–water partition coefficient (Wildman–Crippen LogP) is 12.4. The first kappa shape index (κ1) is 50.1. The molecule has 1 N–H and O–H groups in total. The van der Waals surface area contributed by atoms with E-state index < -0.39 is 16.6 Å². The molecule has 328 valence electrons. The summed E-state index contributed by atoms with van der Waals surface area (Å²) < 4.78 is 26.5. The molecule has 2 aliphatic heterocycles. The van der Waals surface area contributed by atoms with Gasteiger partial charge in [0, 0.05) is 61.2 Å². The molecule has 0 radical (unpaired) electrons. The van der Waals surface area contributed by atoms with Gasteiger partial charge in [-0.3, -0.25) is 0 Å². The minimum absolute atomic E-state index is 0. The summed E-state index contributed by atoms with van der Waals surface area (Å²) in [6.07, 6.45) is 8.42. The van der Waals surface area contributed by atoms with E-state index in [1.165, 1.54) is 22.3 Å². The Kier molecular flexibility index (Phi) is 16.9. The van der Waals surface area contributed by atoms with Crippen LogP contribution in [0.5, 0.6) is 11.5 Å². The van der Waals surface area contributed by atoms with Gasteiger partial charge in [0.15, 0.2) is 16.6 Å². The van der Waals surface area contributed by atoms with Crippen molar-refractivity contribution < 1.29 is 33.0 Å². The van der Waals surface area contributed by atoms with Crippen molar-refractivity contribution in [3.63, 3.8) is 0 Å². The van der Waals surface area contributed by atoms with Gasteiger partial charge in [-0.05, 0) is 92.8 Å². The van der Waals surface area contributed by atoms with Crippen LogP contribution in [-0.2, 0) is 31.3 Å². The highest BCUT2D eigenvalue weighted by Crippen LogP contribution is 2.55. The number of fused-ring (bicyclic) bond motifs is 6. The Hall–Kier alpha value is -2.31. The lowest BCUT2D eigenvalue weighted by atomic mass is 9.85. The van der Waals surface area contributed by atoms with Gasteiger partial charge in [0.2, 0.25) is 0 Å². The van der Waals surface area contributed by atoms with E-state index in [-0.39, 0.29) is 73.3 Å². The maximum absolute atomic E-state index is 11.3. The number of aliphatic hydroxyl groups is 1. The highest BCUT2D eigenvalue weighted by atomic mass is 28.4. The van der Waals surface area contributed by atoms with Crippen molar-refractivity contribution in [2.75, 3.05) is 6.61 Å². The Bertz CT molecular complexity index is 1560. The maximum atomic E-state index is 11.3. The lowest BCUT2D eigenvalue weighted by Crippen LogP contribution is -2.45. The molecule has 2 fully saturated rings. The summed E-state index contributed by atoms with van der Waals surface area (Å²) in [5.74, 6) is 3.83. The molecule has 0 unspecified atom stereocenters. The van der Waals surface area contributed by atoms with Gasteiger partial charge >= 0.3 is 0 Å². The molecule has 4 aliphatic rings. The fourth-order valence-corrected chi connectivity index (χ4v) is 11.9. The average Bonchev–Trinajstić information content (AvgIpc) is 3.81. The van der Waals surface area contributed by atoms with E-state index in [4.69, 9.17) is 18.3 Å². The van der Waals surface area contributed by atoms with Crippen LogP contribution in [0.2, 0.25) is 36.3 Å². The summed E-state index contributed by atoms with van der Waals surface area (Å²) in [7, 11) is -3.70. The van der Waals surface area contributed by atoms with Crippen LogP contribution in [0.3, 0.4) is 0 Å². The first-order chi connectivity index (χ1) is 26.1. The van der Waals surface area contributed by atoms with Crippen molar-refractivity contribution in [2.45, 2.75) is 207 Å². The largest absolute Gasteiger partial charge is 0.489 e. The SMILES string of the molecule is C.C.CC(=O)CCCc1cccc2c1O[C@H]1C[C@@H](O[Si](C)(C)C(C)(C)C)[C@H](CO)[C@@H]21.CC[C@@H]1[C@H]2c3cccc(CCCC(C)=O)c3O[C@H]2C[C@H]1O[Si](C)(C)C(C)(C)C. The second-order valence-electron chi connectivity index (χ2n) is 20.4. The smallest absolute Gasteiger partial charge is 0.192 e. The first-order valence-corrected chi connectivity index (χ1v) is 27.4. The van der Waals surface area contributed by atoms with Gasteiger partial charge in [-0.15, -0.1) is 0 Å². The molecule has 2 aliphatic carbocycles. The Morgan fingerprint density at radius 3 is 1.41 bits per heavy atom. The van der Waals surface area contributed by atoms with E-state index in [1.54, 1.807) is 13.8 Å². The second-order valence-corrected chi connectivity index (χ2v) is 29.9. The number of rotatable bonds is 14. The summed E-state index contributed by atoms with van der Waals surface area (Å²) in [4.78, 5) is 22.5. The van der Waals surface area contributed by atoms with Gasteiger partial charge < -0.3 is 33.0 Å². The molecule has 58 heavy (non-hydrogen) atoms. The van der Waals surface area contributed by atoms with Crippen molar-refractivity contribution in [3.8, 4) is 11.5 Å². The van der Waals surface area contributed by atoms with Gasteiger partial charge in [-0.2, -0.15) is 0 Å². The molecule has 0 spiro atoms.